The van der Waals surface area contributed by atoms with E-state index in [1.54, 1.807) is 0 Å². The van der Waals surface area contributed by atoms with Gasteiger partial charge in [-0.05, 0) is 38.5 Å². The van der Waals surface area contributed by atoms with Crippen LogP contribution in [0.2, 0.25) is 0 Å². The fourth-order valence-electron chi connectivity index (χ4n) is 2.10. The van der Waals surface area contributed by atoms with Crippen molar-refractivity contribution in [1.29, 1.82) is 0 Å². The van der Waals surface area contributed by atoms with Gasteiger partial charge in [-0.15, -0.1) is 0 Å². The van der Waals surface area contributed by atoms with Gasteiger partial charge in [-0.3, -0.25) is 0 Å². The Kier molecular flexibility index (Phi) is 2.50. The lowest BCUT2D eigenvalue weighted by molar-refractivity contribution is 0.218. The first-order chi connectivity index (χ1) is 5.41. The standard InChI is InChI=1S/C11H21N/c1-8(2)10-6-9(3)12-11(4,5)7-10/h8,10,12H,3,6-7H2,1-2,4-5H3. The van der Waals surface area contributed by atoms with Gasteiger partial charge in [0.1, 0.15) is 0 Å². The summed E-state index contributed by atoms with van der Waals surface area (Å²) < 4.78 is 0. The van der Waals surface area contributed by atoms with Crippen LogP contribution in [0.1, 0.15) is 40.5 Å². The van der Waals surface area contributed by atoms with Crippen LogP contribution in [0.4, 0.5) is 0 Å². The Morgan fingerprint density at radius 2 is 2.08 bits per heavy atom. The molecule has 0 aromatic carbocycles. The van der Waals surface area contributed by atoms with Gasteiger partial charge >= 0.3 is 0 Å². The largest absolute Gasteiger partial charge is 0.384 e. The molecule has 1 saturated heterocycles. The number of hydrogen-bond acceptors (Lipinski definition) is 1. The first-order valence-corrected chi connectivity index (χ1v) is 4.87. The summed E-state index contributed by atoms with van der Waals surface area (Å²) in [6.07, 6.45) is 2.42. The molecule has 1 heterocycles. The highest BCUT2D eigenvalue weighted by Crippen LogP contribution is 2.32. The molecular weight excluding hydrogens is 146 g/mol. The number of allylic oxidation sites excluding steroid dienone is 1. The van der Waals surface area contributed by atoms with E-state index in [0.717, 1.165) is 18.3 Å². The predicted molar refractivity (Wildman–Crippen MR) is 53.9 cm³/mol. The van der Waals surface area contributed by atoms with Gasteiger partial charge < -0.3 is 5.32 Å². The average Bonchev–Trinajstić information content (AvgIpc) is 1.82. The van der Waals surface area contributed by atoms with Crippen LogP contribution in [-0.4, -0.2) is 5.54 Å². The molecule has 1 aliphatic heterocycles. The zero-order valence-corrected chi connectivity index (χ0v) is 8.78. The molecule has 1 fully saturated rings. The normalized spacial score (nSPS) is 28.8. The molecule has 0 spiro atoms. The third-order valence-corrected chi connectivity index (χ3v) is 2.74. The molecule has 1 unspecified atom stereocenters. The Labute approximate surface area is 76.2 Å². The monoisotopic (exact) mass is 167 g/mol. The molecule has 12 heavy (non-hydrogen) atoms. The Morgan fingerprint density at radius 3 is 2.50 bits per heavy atom. The molecule has 0 aromatic heterocycles. The van der Waals surface area contributed by atoms with Crippen LogP contribution >= 0.6 is 0 Å². The Hall–Kier alpha value is -0.460. The smallest absolute Gasteiger partial charge is 0.0317 e. The highest BCUT2D eigenvalue weighted by atomic mass is 15.0. The van der Waals surface area contributed by atoms with Crippen molar-refractivity contribution in [1.82, 2.24) is 5.32 Å². The van der Waals surface area contributed by atoms with Crippen LogP contribution in [-0.2, 0) is 0 Å². The van der Waals surface area contributed by atoms with Crippen LogP contribution in [0.5, 0.6) is 0 Å². The van der Waals surface area contributed by atoms with E-state index in [1.165, 1.54) is 12.1 Å². The number of hydrogen-bond donors (Lipinski definition) is 1. The molecule has 0 amide bonds. The maximum absolute atomic E-state index is 4.03. The quantitative estimate of drug-likeness (QED) is 0.633. The summed E-state index contributed by atoms with van der Waals surface area (Å²) in [4.78, 5) is 0. The van der Waals surface area contributed by atoms with E-state index in [9.17, 15) is 0 Å². The second kappa shape index (κ2) is 3.12. The molecule has 0 aliphatic carbocycles. The van der Waals surface area contributed by atoms with Crippen molar-refractivity contribution in [2.24, 2.45) is 11.8 Å². The number of rotatable bonds is 1. The minimum absolute atomic E-state index is 0.254. The lowest BCUT2D eigenvalue weighted by Gasteiger charge is -2.40. The van der Waals surface area contributed by atoms with E-state index in [1.807, 2.05) is 0 Å². The second-order valence-corrected chi connectivity index (χ2v) is 5.02. The van der Waals surface area contributed by atoms with Crippen LogP contribution < -0.4 is 5.32 Å². The SMILES string of the molecule is C=C1CC(C(C)C)CC(C)(C)N1. The Morgan fingerprint density at radius 1 is 1.50 bits per heavy atom. The maximum atomic E-state index is 4.03. The van der Waals surface area contributed by atoms with E-state index in [4.69, 9.17) is 0 Å². The zero-order valence-electron chi connectivity index (χ0n) is 8.78. The number of piperidine rings is 1. The highest BCUT2D eigenvalue weighted by Gasteiger charge is 2.30. The summed E-state index contributed by atoms with van der Waals surface area (Å²) in [5.41, 5.74) is 1.47. The first kappa shape index (κ1) is 9.63. The second-order valence-electron chi connectivity index (χ2n) is 5.02. The van der Waals surface area contributed by atoms with Crippen LogP contribution in [0.25, 0.3) is 0 Å². The molecule has 1 nitrogen and oxygen atoms in total. The van der Waals surface area contributed by atoms with Crippen molar-refractivity contribution in [3.05, 3.63) is 12.3 Å². The number of nitrogens with one attached hydrogen (secondary N) is 1. The van der Waals surface area contributed by atoms with Crippen molar-refractivity contribution in [3.63, 3.8) is 0 Å². The Bertz CT molecular complexity index is 179. The van der Waals surface area contributed by atoms with Crippen LogP contribution in [0.3, 0.4) is 0 Å². The van der Waals surface area contributed by atoms with Gasteiger partial charge in [-0.1, -0.05) is 20.4 Å². The molecule has 1 aliphatic rings. The summed E-state index contributed by atoms with van der Waals surface area (Å²) in [5, 5.41) is 3.45. The van der Waals surface area contributed by atoms with E-state index >= 15 is 0 Å². The average molecular weight is 167 g/mol. The summed E-state index contributed by atoms with van der Waals surface area (Å²) in [6.45, 7) is 13.2. The first-order valence-electron chi connectivity index (χ1n) is 4.87. The summed E-state index contributed by atoms with van der Waals surface area (Å²) >= 11 is 0. The molecule has 1 heteroatoms. The molecule has 0 saturated carbocycles. The van der Waals surface area contributed by atoms with Gasteiger partial charge in [0.2, 0.25) is 0 Å². The molecule has 1 atom stereocenters. The van der Waals surface area contributed by atoms with Gasteiger partial charge in [0.05, 0.1) is 0 Å². The molecule has 0 aromatic rings. The third kappa shape index (κ3) is 2.26. The third-order valence-electron chi connectivity index (χ3n) is 2.74. The highest BCUT2D eigenvalue weighted by molar-refractivity contribution is 5.05. The molecule has 70 valence electrons. The molecule has 0 radical (unpaired) electrons. The van der Waals surface area contributed by atoms with Crippen molar-refractivity contribution < 1.29 is 0 Å². The van der Waals surface area contributed by atoms with E-state index in [2.05, 4.69) is 39.6 Å². The van der Waals surface area contributed by atoms with Gasteiger partial charge in [0.15, 0.2) is 0 Å². The van der Waals surface area contributed by atoms with Gasteiger partial charge in [0.25, 0.3) is 0 Å². The van der Waals surface area contributed by atoms with E-state index in [0.29, 0.717) is 0 Å². The summed E-state index contributed by atoms with van der Waals surface area (Å²) in [5.74, 6) is 1.59. The molecular formula is C11H21N. The summed E-state index contributed by atoms with van der Waals surface area (Å²) in [7, 11) is 0. The van der Waals surface area contributed by atoms with Gasteiger partial charge in [0, 0.05) is 11.2 Å². The van der Waals surface area contributed by atoms with Crippen LogP contribution in [0, 0.1) is 11.8 Å². The van der Waals surface area contributed by atoms with Crippen molar-refractivity contribution in [2.75, 3.05) is 0 Å². The van der Waals surface area contributed by atoms with Crippen molar-refractivity contribution in [3.8, 4) is 0 Å². The van der Waals surface area contributed by atoms with Gasteiger partial charge in [-0.25, -0.2) is 0 Å². The lowest BCUT2D eigenvalue weighted by Crippen LogP contribution is -2.45. The fourth-order valence-corrected chi connectivity index (χ4v) is 2.10. The predicted octanol–water partition coefficient (Wildman–Crippen LogP) is 2.93. The molecule has 1 rings (SSSR count). The van der Waals surface area contributed by atoms with Crippen LogP contribution in [0.15, 0.2) is 12.3 Å². The van der Waals surface area contributed by atoms with Gasteiger partial charge in [-0.2, -0.15) is 0 Å². The van der Waals surface area contributed by atoms with Crippen molar-refractivity contribution >= 4 is 0 Å². The summed E-state index contributed by atoms with van der Waals surface area (Å²) in [6, 6.07) is 0. The fraction of sp³-hybridized carbons (Fsp3) is 0.818. The minimum atomic E-state index is 0.254. The zero-order chi connectivity index (χ0) is 9.35. The topological polar surface area (TPSA) is 12.0 Å². The molecule has 0 bridgehead atoms. The van der Waals surface area contributed by atoms with E-state index < -0.39 is 0 Å². The van der Waals surface area contributed by atoms with E-state index in [-0.39, 0.29) is 5.54 Å². The maximum Gasteiger partial charge on any atom is 0.0317 e. The lowest BCUT2D eigenvalue weighted by atomic mass is 9.78. The Balaban J connectivity index is 2.64. The minimum Gasteiger partial charge on any atom is -0.384 e. The van der Waals surface area contributed by atoms with Crippen molar-refractivity contribution in [2.45, 2.75) is 46.1 Å². The molecule has 1 N–H and O–H groups in total.